The van der Waals surface area contributed by atoms with Gasteiger partial charge in [0.15, 0.2) is 0 Å². The van der Waals surface area contributed by atoms with E-state index in [4.69, 9.17) is 11.6 Å². The van der Waals surface area contributed by atoms with E-state index in [9.17, 15) is 4.39 Å². The highest BCUT2D eigenvalue weighted by molar-refractivity contribution is 14.1. The van der Waals surface area contributed by atoms with E-state index in [2.05, 4.69) is 9.55 Å². The summed E-state index contributed by atoms with van der Waals surface area (Å²) in [5, 5.41) is -0.159. The first kappa shape index (κ1) is 13.6. The summed E-state index contributed by atoms with van der Waals surface area (Å²) in [5.41, 5.74) is 1.73. The average molecular weight is 393 g/mol. The number of hydrogen-bond acceptors (Lipinski definition) is 1. The molecule has 0 radical (unpaired) electrons. The van der Waals surface area contributed by atoms with Crippen LogP contribution < -0.4 is 0 Å². The standard InChI is InChI=1S/C14H15ClFIN2/c1-8(15)14-18-12-7-11(17)10(16)6-13(12)19(14)9-4-2-3-5-9/h6-9H,2-5H2,1H3. The van der Waals surface area contributed by atoms with Crippen molar-refractivity contribution in [2.45, 2.75) is 44.0 Å². The van der Waals surface area contributed by atoms with Crippen LogP contribution in [0.3, 0.4) is 0 Å². The fourth-order valence-corrected chi connectivity index (χ4v) is 3.54. The van der Waals surface area contributed by atoms with Gasteiger partial charge in [0.2, 0.25) is 0 Å². The van der Waals surface area contributed by atoms with E-state index in [1.54, 1.807) is 12.1 Å². The highest BCUT2D eigenvalue weighted by Gasteiger charge is 2.25. The minimum atomic E-state index is -0.180. The van der Waals surface area contributed by atoms with Gasteiger partial charge < -0.3 is 4.57 Å². The van der Waals surface area contributed by atoms with Crippen LogP contribution in [-0.4, -0.2) is 9.55 Å². The number of alkyl halides is 1. The first-order valence-corrected chi connectivity index (χ1v) is 8.10. The first-order valence-electron chi connectivity index (χ1n) is 6.59. The summed E-state index contributed by atoms with van der Waals surface area (Å²) >= 11 is 8.26. The van der Waals surface area contributed by atoms with E-state index >= 15 is 0 Å². The molecule has 1 saturated carbocycles. The van der Waals surface area contributed by atoms with Crippen molar-refractivity contribution in [3.05, 3.63) is 27.3 Å². The molecule has 2 aromatic rings. The third-order valence-electron chi connectivity index (χ3n) is 3.80. The van der Waals surface area contributed by atoms with Crippen LogP contribution in [0.1, 0.15) is 49.9 Å². The average Bonchev–Trinajstić information content (AvgIpc) is 2.96. The number of rotatable bonds is 2. The van der Waals surface area contributed by atoms with Gasteiger partial charge in [-0.25, -0.2) is 9.37 Å². The Hall–Kier alpha value is -0.360. The number of hydrogen-bond donors (Lipinski definition) is 0. The first-order chi connectivity index (χ1) is 9.08. The molecule has 3 rings (SSSR count). The molecule has 1 aliphatic carbocycles. The maximum absolute atomic E-state index is 13.8. The fraction of sp³-hybridized carbons (Fsp3) is 0.500. The lowest BCUT2D eigenvalue weighted by atomic mass is 10.2. The number of benzene rings is 1. The molecule has 2 nitrogen and oxygen atoms in total. The molecule has 0 bridgehead atoms. The lowest BCUT2D eigenvalue weighted by Crippen LogP contribution is -2.09. The highest BCUT2D eigenvalue weighted by atomic mass is 127. The molecule has 0 aliphatic heterocycles. The van der Waals surface area contributed by atoms with Gasteiger partial charge in [0.05, 0.1) is 20.0 Å². The third kappa shape index (κ3) is 2.37. The van der Waals surface area contributed by atoms with Crippen molar-refractivity contribution in [3.8, 4) is 0 Å². The summed E-state index contributed by atoms with van der Waals surface area (Å²) in [5.74, 6) is 0.686. The molecule has 0 spiro atoms. The molecule has 1 atom stereocenters. The van der Waals surface area contributed by atoms with Crippen LogP contribution in [0.15, 0.2) is 12.1 Å². The summed E-state index contributed by atoms with van der Waals surface area (Å²) < 4.78 is 16.6. The highest BCUT2D eigenvalue weighted by Crippen LogP contribution is 2.37. The van der Waals surface area contributed by atoms with Crippen molar-refractivity contribution >= 4 is 45.2 Å². The molecule has 0 amide bonds. The second-order valence-electron chi connectivity index (χ2n) is 5.15. The van der Waals surface area contributed by atoms with Gasteiger partial charge in [0.1, 0.15) is 11.6 Å². The Kier molecular flexibility index (Phi) is 3.73. The Morgan fingerprint density at radius 1 is 1.42 bits per heavy atom. The Balaban J connectivity index is 2.25. The van der Waals surface area contributed by atoms with Crippen molar-refractivity contribution < 1.29 is 4.39 Å². The molecular weight excluding hydrogens is 378 g/mol. The zero-order valence-corrected chi connectivity index (χ0v) is 13.6. The topological polar surface area (TPSA) is 17.8 Å². The van der Waals surface area contributed by atoms with Crippen molar-refractivity contribution in [2.75, 3.05) is 0 Å². The molecule has 1 unspecified atom stereocenters. The number of nitrogens with zero attached hydrogens (tertiary/aromatic N) is 2. The number of imidazole rings is 1. The van der Waals surface area contributed by atoms with Crippen LogP contribution in [0.4, 0.5) is 4.39 Å². The quantitative estimate of drug-likeness (QED) is 0.508. The molecule has 1 aromatic carbocycles. The molecule has 1 heterocycles. The van der Waals surface area contributed by atoms with Crippen LogP contribution in [0.5, 0.6) is 0 Å². The number of aromatic nitrogens is 2. The summed E-state index contributed by atoms with van der Waals surface area (Å²) in [6.45, 7) is 1.93. The van der Waals surface area contributed by atoms with Gasteiger partial charge in [-0.05, 0) is 48.4 Å². The Labute approximate surface area is 130 Å². The maximum atomic E-state index is 13.8. The predicted octanol–water partition coefficient (Wildman–Crippen LogP) is 5.19. The molecule has 0 saturated heterocycles. The van der Waals surface area contributed by atoms with Gasteiger partial charge in [0, 0.05) is 12.1 Å². The van der Waals surface area contributed by atoms with E-state index in [1.807, 2.05) is 29.5 Å². The fourth-order valence-electron chi connectivity index (χ4n) is 2.94. The lowest BCUT2D eigenvalue weighted by Gasteiger charge is -2.17. The second kappa shape index (κ2) is 5.20. The van der Waals surface area contributed by atoms with Gasteiger partial charge >= 0.3 is 0 Å². The van der Waals surface area contributed by atoms with Gasteiger partial charge in [-0.1, -0.05) is 12.8 Å². The summed E-state index contributed by atoms with van der Waals surface area (Å²) in [4.78, 5) is 4.62. The maximum Gasteiger partial charge on any atom is 0.138 e. The number of fused-ring (bicyclic) bond motifs is 1. The number of halogens is 3. The minimum Gasteiger partial charge on any atom is -0.324 e. The monoisotopic (exact) mass is 392 g/mol. The van der Waals surface area contributed by atoms with Crippen LogP contribution in [0.25, 0.3) is 11.0 Å². The minimum absolute atomic E-state index is 0.159. The van der Waals surface area contributed by atoms with Gasteiger partial charge in [-0.2, -0.15) is 0 Å². The molecule has 1 aliphatic rings. The van der Waals surface area contributed by atoms with Gasteiger partial charge in [0.25, 0.3) is 0 Å². The van der Waals surface area contributed by atoms with Crippen molar-refractivity contribution in [1.29, 1.82) is 0 Å². The van der Waals surface area contributed by atoms with Crippen LogP contribution in [0.2, 0.25) is 0 Å². The van der Waals surface area contributed by atoms with Crippen molar-refractivity contribution in [2.24, 2.45) is 0 Å². The molecule has 1 fully saturated rings. The van der Waals surface area contributed by atoms with Gasteiger partial charge in [-0.15, -0.1) is 11.6 Å². The molecule has 5 heteroatoms. The lowest BCUT2D eigenvalue weighted by molar-refractivity contribution is 0.509. The summed E-state index contributed by atoms with van der Waals surface area (Å²) in [6.07, 6.45) is 4.73. The molecule has 0 N–H and O–H groups in total. The van der Waals surface area contributed by atoms with E-state index < -0.39 is 0 Å². The summed E-state index contributed by atoms with van der Waals surface area (Å²) in [7, 11) is 0. The van der Waals surface area contributed by atoms with E-state index in [1.165, 1.54) is 12.8 Å². The van der Waals surface area contributed by atoms with E-state index in [-0.39, 0.29) is 11.2 Å². The van der Waals surface area contributed by atoms with E-state index in [0.29, 0.717) is 9.61 Å². The van der Waals surface area contributed by atoms with E-state index in [0.717, 1.165) is 29.7 Å². The Bertz CT molecular complexity index is 617. The SMILES string of the molecule is CC(Cl)c1nc2cc(I)c(F)cc2n1C1CCCC1. The molecular formula is C14H15ClFIN2. The predicted molar refractivity (Wildman–Crippen MR) is 84.2 cm³/mol. The largest absolute Gasteiger partial charge is 0.324 e. The van der Waals surface area contributed by atoms with Gasteiger partial charge in [-0.3, -0.25) is 0 Å². The molecule has 102 valence electrons. The summed E-state index contributed by atoms with van der Waals surface area (Å²) in [6, 6.07) is 3.82. The molecule has 1 aromatic heterocycles. The Morgan fingerprint density at radius 3 is 2.74 bits per heavy atom. The van der Waals surface area contributed by atoms with Crippen LogP contribution in [0, 0.1) is 9.39 Å². The van der Waals surface area contributed by atoms with Crippen molar-refractivity contribution in [1.82, 2.24) is 9.55 Å². The zero-order chi connectivity index (χ0) is 13.6. The van der Waals surface area contributed by atoms with Crippen molar-refractivity contribution in [3.63, 3.8) is 0 Å². The van der Waals surface area contributed by atoms with Crippen LogP contribution >= 0.6 is 34.2 Å². The molecule has 19 heavy (non-hydrogen) atoms. The second-order valence-corrected chi connectivity index (χ2v) is 6.97. The smallest absolute Gasteiger partial charge is 0.138 e. The zero-order valence-electron chi connectivity index (χ0n) is 10.7. The Morgan fingerprint density at radius 2 is 2.11 bits per heavy atom. The van der Waals surface area contributed by atoms with Crippen LogP contribution in [-0.2, 0) is 0 Å². The normalized spacial score (nSPS) is 18.3. The third-order valence-corrected chi connectivity index (χ3v) is 4.83.